The maximum atomic E-state index is 10.8. The molecule has 0 aromatic carbocycles. The van der Waals surface area contributed by atoms with Gasteiger partial charge in [-0.05, 0) is 24.8 Å². The predicted molar refractivity (Wildman–Crippen MR) is 68.2 cm³/mol. The van der Waals surface area contributed by atoms with Crippen LogP contribution in [0.2, 0.25) is 0 Å². The fraction of sp³-hybridized carbons (Fsp3) is 0.583. The van der Waals surface area contributed by atoms with Gasteiger partial charge in [-0.25, -0.2) is 4.79 Å². The molecule has 2 atom stereocenters. The third-order valence-corrected chi connectivity index (χ3v) is 3.60. The second kappa shape index (κ2) is 6.14. The summed E-state index contributed by atoms with van der Waals surface area (Å²) in [7, 11) is 0. The van der Waals surface area contributed by atoms with Crippen LogP contribution in [0.15, 0.2) is 17.5 Å². The van der Waals surface area contributed by atoms with E-state index in [0.29, 0.717) is 0 Å². The number of aliphatic hydroxyl groups is 1. The highest BCUT2D eigenvalue weighted by Gasteiger charge is 2.30. The molecule has 1 aromatic heterocycles. The highest BCUT2D eigenvalue weighted by Crippen LogP contribution is 2.23. The largest absolute Gasteiger partial charge is 0.479 e. The van der Waals surface area contributed by atoms with Crippen molar-refractivity contribution in [2.75, 3.05) is 6.54 Å². The van der Waals surface area contributed by atoms with E-state index in [-0.39, 0.29) is 12.6 Å². The zero-order chi connectivity index (χ0) is 12.9. The molecule has 1 rings (SSSR count). The summed E-state index contributed by atoms with van der Waals surface area (Å²) in [4.78, 5) is 12.0. The Bertz CT molecular complexity index is 349. The van der Waals surface area contributed by atoms with Crippen molar-refractivity contribution in [1.82, 2.24) is 5.32 Å². The number of rotatable bonds is 7. The van der Waals surface area contributed by atoms with Crippen LogP contribution in [-0.2, 0) is 4.79 Å². The van der Waals surface area contributed by atoms with Gasteiger partial charge in [-0.15, -0.1) is 11.3 Å². The summed E-state index contributed by atoms with van der Waals surface area (Å²) >= 11 is 1.64. The van der Waals surface area contributed by atoms with Gasteiger partial charge in [0.05, 0.1) is 0 Å². The van der Waals surface area contributed by atoms with E-state index in [4.69, 9.17) is 5.11 Å². The first-order valence-electron chi connectivity index (χ1n) is 5.70. The average Bonchev–Trinajstić information content (AvgIpc) is 2.77. The summed E-state index contributed by atoms with van der Waals surface area (Å²) in [5, 5.41) is 23.6. The molecule has 96 valence electrons. The molecule has 5 heteroatoms. The van der Waals surface area contributed by atoms with Crippen molar-refractivity contribution < 1.29 is 15.0 Å². The van der Waals surface area contributed by atoms with Crippen molar-refractivity contribution in [1.29, 1.82) is 0 Å². The highest BCUT2D eigenvalue weighted by atomic mass is 32.1. The first-order valence-corrected chi connectivity index (χ1v) is 6.58. The molecule has 2 unspecified atom stereocenters. The SMILES string of the molecule is CCCC(NCC(C)(O)C(=O)O)c1cccs1. The fourth-order valence-corrected chi connectivity index (χ4v) is 2.36. The van der Waals surface area contributed by atoms with Gasteiger partial charge in [-0.3, -0.25) is 0 Å². The molecular formula is C12H19NO3S. The maximum absolute atomic E-state index is 10.8. The second-order valence-corrected chi connectivity index (χ2v) is 5.30. The van der Waals surface area contributed by atoms with E-state index in [2.05, 4.69) is 12.2 Å². The van der Waals surface area contributed by atoms with Crippen molar-refractivity contribution in [3.05, 3.63) is 22.4 Å². The molecule has 0 bridgehead atoms. The fourth-order valence-electron chi connectivity index (χ4n) is 1.52. The minimum atomic E-state index is -1.72. The van der Waals surface area contributed by atoms with Crippen LogP contribution in [0, 0.1) is 0 Å². The molecule has 1 heterocycles. The number of carbonyl (C=O) groups is 1. The van der Waals surface area contributed by atoms with E-state index in [0.717, 1.165) is 12.8 Å². The Balaban J connectivity index is 2.60. The molecule has 0 saturated carbocycles. The van der Waals surface area contributed by atoms with Gasteiger partial charge in [-0.2, -0.15) is 0 Å². The third kappa shape index (κ3) is 4.11. The Morgan fingerprint density at radius 3 is 2.82 bits per heavy atom. The van der Waals surface area contributed by atoms with Crippen LogP contribution in [0.3, 0.4) is 0 Å². The lowest BCUT2D eigenvalue weighted by atomic mass is 10.1. The third-order valence-electron chi connectivity index (χ3n) is 2.62. The number of hydrogen-bond acceptors (Lipinski definition) is 4. The maximum Gasteiger partial charge on any atom is 0.336 e. The van der Waals surface area contributed by atoms with E-state index in [9.17, 15) is 9.90 Å². The number of carboxylic acid groups (broad SMARTS) is 1. The second-order valence-electron chi connectivity index (χ2n) is 4.32. The summed E-state index contributed by atoms with van der Waals surface area (Å²) in [6.45, 7) is 3.43. The molecule has 3 N–H and O–H groups in total. The normalized spacial score (nSPS) is 16.4. The molecule has 0 saturated heterocycles. The van der Waals surface area contributed by atoms with Gasteiger partial charge in [0, 0.05) is 17.5 Å². The van der Waals surface area contributed by atoms with E-state index in [1.54, 1.807) is 11.3 Å². The highest BCUT2D eigenvalue weighted by molar-refractivity contribution is 7.10. The van der Waals surface area contributed by atoms with Crippen LogP contribution in [-0.4, -0.2) is 28.3 Å². The minimum absolute atomic E-state index is 0.0465. The molecular weight excluding hydrogens is 238 g/mol. The van der Waals surface area contributed by atoms with Crippen molar-refractivity contribution in [2.24, 2.45) is 0 Å². The van der Waals surface area contributed by atoms with Gasteiger partial charge >= 0.3 is 5.97 Å². The first kappa shape index (κ1) is 14.2. The first-order chi connectivity index (χ1) is 7.97. The van der Waals surface area contributed by atoms with Gasteiger partial charge in [-0.1, -0.05) is 19.4 Å². The van der Waals surface area contributed by atoms with Crippen LogP contribution in [0.25, 0.3) is 0 Å². The van der Waals surface area contributed by atoms with Crippen molar-refractivity contribution in [3.63, 3.8) is 0 Å². The lowest BCUT2D eigenvalue weighted by molar-refractivity contribution is -0.156. The Kier molecular flexibility index (Phi) is 5.11. The van der Waals surface area contributed by atoms with Crippen LogP contribution in [0.5, 0.6) is 0 Å². The molecule has 0 fully saturated rings. The van der Waals surface area contributed by atoms with Crippen LogP contribution in [0.4, 0.5) is 0 Å². The number of thiophene rings is 1. The molecule has 17 heavy (non-hydrogen) atoms. The summed E-state index contributed by atoms with van der Waals surface area (Å²) in [6, 6.07) is 4.11. The average molecular weight is 257 g/mol. The number of nitrogens with one attached hydrogen (secondary N) is 1. The summed E-state index contributed by atoms with van der Waals surface area (Å²) < 4.78 is 0. The summed E-state index contributed by atoms with van der Waals surface area (Å²) in [6.07, 6.45) is 1.93. The van der Waals surface area contributed by atoms with Gasteiger partial charge in [0.25, 0.3) is 0 Å². The Morgan fingerprint density at radius 2 is 2.35 bits per heavy atom. The lowest BCUT2D eigenvalue weighted by Crippen LogP contribution is -2.45. The van der Waals surface area contributed by atoms with E-state index in [1.807, 2.05) is 17.5 Å². The van der Waals surface area contributed by atoms with E-state index < -0.39 is 11.6 Å². The van der Waals surface area contributed by atoms with Gasteiger partial charge < -0.3 is 15.5 Å². The monoisotopic (exact) mass is 257 g/mol. The zero-order valence-electron chi connectivity index (χ0n) is 10.1. The van der Waals surface area contributed by atoms with Gasteiger partial charge in [0.2, 0.25) is 0 Å². The van der Waals surface area contributed by atoms with E-state index in [1.165, 1.54) is 11.8 Å². The zero-order valence-corrected chi connectivity index (χ0v) is 11.0. The van der Waals surface area contributed by atoms with Crippen LogP contribution >= 0.6 is 11.3 Å². The van der Waals surface area contributed by atoms with Crippen molar-refractivity contribution in [3.8, 4) is 0 Å². The Morgan fingerprint density at radius 1 is 1.65 bits per heavy atom. The molecule has 0 aliphatic heterocycles. The molecule has 0 radical (unpaired) electrons. The standard InChI is InChI=1S/C12H19NO3S/c1-3-5-9(10-6-4-7-17-10)13-8-12(2,16)11(14)15/h4,6-7,9,13,16H,3,5,8H2,1-2H3,(H,14,15). The van der Waals surface area contributed by atoms with Gasteiger partial charge in [0.15, 0.2) is 5.60 Å². The molecule has 0 spiro atoms. The number of hydrogen-bond donors (Lipinski definition) is 3. The predicted octanol–water partition coefficient (Wildman–Crippen LogP) is 2.01. The van der Waals surface area contributed by atoms with Crippen molar-refractivity contribution in [2.45, 2.75) is 38.3 Å². The van der Waals surface area contributed by atoms with Crippen molar-refractivity contribution >= 4 is 17.3 Å². The summed E-state index contributed by atoms with van der Waals surface area (Å²) in [5.41, 5.74) is -1.72. The smallest absolute Gasteiger partial charge is 0.336 e. The van der Waals surface area contributed by atoms with E-state index >= 15 is 0 Å². The molecule has 1 aromatic rings. The minimum Gasteiger partial charge on any atom is -0.479 e. The Labute approximate surface area is 105 Å². The molecule has 0 aliphatic carbocycles. The molecule has 0 amide bonds. The summed E-state index contributed by atoms with van der Waals surface area (Å²) in [5.74, 6) is -1.20. The molecule has 0 aliphatic rings. The van der Waals surface area contributed by atoms with Crippen LogP contribution < -0.4 is 5.32 Å². The van der Waals surface area contributed by atoms with Gasteiger partial charge in [0.1, 0.15) is 0 Å². The van der Waals surface area contributed by atoms with Crippen LogP contribution in [0.1, 0.15) is 37.6 Å². The Hall–Kier alpha value is -0.910. The number of aliphatic carboxylic acids is 1. The quantitative estimate of drug-likeness (QED) is 0.699. The lowest BCUT2D eigenvalue weighted by Gasteiger charge is -2.23. The molecule has 4 nitrogen and oxygen atoms in total. The topological polar surface area (TPSA) is 69.6 Å². The number of carboxylic acids is 1.